The van der Waals surface area contributed by atoms with E-state index in [2.05, 4.69) is 0 Å². The quantitative estimate of drug-likeness (QED) is 0.727. The van der Waals surface area contributed by atoms with E-state index in [9.17, 15) is 13.6 Å². The number of halogens is 2. The van der Waals surface area contributed by atoms with Gasteiger partial charge in [0, 0.05) is 11.1 Å². The van der Waals surface area contributed by atoms with Gasteiger partial charge in [0.2, 0.25) is 0 Å². The predicted molar refractivity (Wildman–Crippen MR) is 62.6 cm³/mol. The molecule has 5 heteroatoms. The molecule has 0 radical (unpaired) electrons. The first kappa shape index (κ1) is 12.9. The summed E-state index contributed by atoms with van der Waals surface area (Å²) in [7, 11) is 0. The van der Waals surface area contributed by atoms with E-state index in [-0.39, 0.29) is 28.7 Å². The number of fused-ring (bicyclic) bond motifs is 1. The molecule has 19 heavy (non-hydrogen) atoms. The molecule has 0 N–H and O–H groups in total. The minimum atomic E-state index is -0.837. The molecule has 1 unspecified atom stereocenters. The van der Waals surface area contributed by atoms with Crippen molar-refractivity contribution in [2.75, 3.05) is 0 Å². The molecule has 0 spiro atoms. The van der Waals surface area contributed by atoms with E-state index in [1.54, 1.807) is 19.1 Å². The van der Waals surface area contributed by atoms with Crippen LogP contribution in [-0.2, 0) is 0 Å². The molecular weight excluding hydrogens is 250 g/mol. The van der Waals surface area contributed by atoms with E-state index >= 15 is 0 Å². The SMILES string of the molecule is CCC1C(=O)c2c(F)ccc(F)c2C1=C(C#N)C#N. The zero-order valence-electron chi connectivity index (χ0n) is 10.00. The Morgan fingerprint density at radius 3 is 2.21 bits per heavy atom. The topological polar surface area (TPSA) is 64.7 Å². The van der Waals surface area contributed by atoms with Crippen molar-refractivity contribution in [1.29, 1.82) is 10.5 Å². The molecule has 0 fully saturated rings. The average molecular weight is 258 g/mol. The molecule has 0 aliphatic heterocycles. The summed E-state index contributed by atoms with van der Waals surface area (Å²) in [6.45, 7) is 1.66. The highest BCUT2D eigenvalue weighted by Gasteiger charge is 2.40. The van der Waals surface area contributed by atoms with Gasteiger partial charge in [-0.05, 0) is 18.6 Å². The van der Waals surface area contributed by atoms with Crippen LogP contribution in [-0.4, -0.2) is 5.78 Å². The monoisotopic (exact) mass is 258 g/mol. The smallest absolute Gasteiger partial charge is 0.174 e. The third kappa shape index (κ3) is 1.71. The molecule has 3 nitrogen and oxygen atoms in total. The molecule has 0 saturated carbocycles. The lowest BCUT2D eigenvalue weighted by Crippen LogP contribution is -2.08. The van der Waals surface area contributed by atoms with Crippen molar-refractivity contribution in [3.8, 4) is 12.1 Å². The molecule has 1 aliphatic carbocycles. The number of carbonyl (C=O) groups excluding carboxylic acids is 1. The van der Waals surface area contributed by atoms with E-state index in [0.717, 1.165) is 12.1 Å². The van der Waals surface area contributed by atoms with Crippen LogP contribution in [0.2, 0.25) is 0 Å². The number of nitriles is 2. The molecule has 1 atom stereocenters. The summed E-state index contributed by atoms with van der Waals surface area (Å²) in [6, 6.07) is 5.06. The summed E-state index contributed by atoms with van der Waals surface area (Å²) in [6.07, 6.45) is 0.272. The molecule has 0 aromatic heterocycles. The van der Waals surface area contributed by atoms with Crippen molar-refractivity contribution in [3.05, 3.63) is 40.5 Å². The van der Waals surface area contributed by atoms with E-state index in [1.165, 1.54) is 0 Å². The molecular formula is C14H8F2N2O. The molecule has 1 aromatic carbocycles. The fraction of sp³-hybridized carbons (Fsp3) is 0.214. The first-order chi connectivity index (χ1) is 9.06. The number of hydrogen-bond acceptors (Lipinski definition) is 3. The standard InChI is InChI=1S/C14H8F2N2O/c1-2-8-11(7(5-17)6-18)12-9(15)3-4-10(16)13(12)14(8)19/h3-4,8H,2H2,1H3. The first-order valence-corrected chi connectivity index (χ1v) is 5.63. The van der Waals surface area contributed by atoms with Gasteiger partial charge in [-0.3, -0.25) is 4.79 Å². The lowest BCUT2D eigenvalue weighted by atomic mass is 9.92. The number of nitrogens with zero attached hydrogens (tertiary/aromatic N) is 2. The van der Waals surface area contributed by atoms with Gasteiger partial charge in [-0.1, -0.05) is 6.92 Å². The van der Waals surface area contributed by atoms with Gasteiger partial charge in [0.15, 0.2) is 5.78 Å². The maximum absolute atomic E-state index is 13.9. The Hall–Kier alpha value is -2.53. The largest absolute Gasteiger partial charge is 0.293 e. The molecule has 0 bridgehead atoms. The summed E-state index contributed by atoms with van der Waals surface area (Å²) in [5.74, 6) is -3.04. The second-order valence-corrected chi connectivity index (χ2v) is 4.12. The Morgan fingerprint density at radius 1 is 1.21 bits per heavy atom. The second kappa shape index (κ2) is 4.62. The summed E-state index contributed by atoms with van der Waals surface area (Å²) in [5.41, 5.74) is -0.937. The van der Waals surface area contributed by atoms with Gasteiger partial charge >= 0.3 is 0 Å². The molecule has 1 aliphatic rings. The third-order valence-corrected chi connectivity index (χ3v) is 3.19. The summed E-state index contributed by atoms with van der Waals surface area (Å²) >= 11 is 0. The zero-order valence-corrected chi connectivity index (χ0v) is 10.00. The maximum Gasteiger partial charge on any atom is 0.174 e. The highest BCUT2D eigenvalue weighted by atomic mass is 19.1. The minimum Gasteiger partial charge on any atom is -0.293 e. The maximum atomic E-state index is 13.9. The normalized spacial score (nSPS) is 16.8. The average Bonchev–Trinajstić information content (AvgIpc) is 2.70. The van der Waals surface area contributed by atoms with Gasteiger partial charge in [-0.15, -0.1) is 0 Å². The van der Waals surface area contributed by atoms with Crippen LogP contribution in [0.5, 0.6) is 0 Å². The fourth-order valence-electron chi connectivity index (χ4n) is 2.37. The van der Waals surface area contributed by atoms with Crippen molar-refractivity contribution in [2.24, 2.45) is 5.92 Å². The van der Waals surface area contributed by atoms with Crippen LogP contribution in [0.15, 0.2) is 17.7 Å². The van der Waals surface area contributed by atoms with Gasteiger partial charge in [0.05, 0.1) is 11.5 Å². The molecule has 1 aromatic rings. The van der Waals surface area contributed by atoms with E-state index in [4.69, 9.17) is 10.5 Å². The molecule has 0 heterocycles. The van der Waals surface area contributed by atoms with E-state index < -0.39 is 23.3 Å². The van der Waals surface area contributed by atoms with Crippen molar-refractivity contribution in [3.63, 3.8) is 0 Å². The van der Waals surface area contributed by atoms with Crippen LogP contribution < -0.4 is 0 Å². The predicted octanol–water partition coefficient (Wildman–Crippen LogP) is 2.99. The van der Waals surface area contributed by atoms with Crippen molar-refractivity contribution in [1.82, 2.24) is 0 Å². The van der Waals surface area contributed by atoms with Crippen LogP contribution in [0.4, 0.5) is 8.78 Å². The number of carbonyl (C=O) groups is 1. The Morgan fingerprint density at radius 2 is 1.74 bits per heavy atom. The number of Topliss-reactive ketones (excluding diaryl/α,β-unsaturated/α-hetero) is 1. The third-order valence-electron chi connectivity index (χ3n) is 3.19. The molecule has 0 amide bonds. The van der Waals surface area contributed by atoms with Crippen LogP contribution in [0.25, 0.3) is 5.57 Å². The van der Waals surface area contributed by atoms with Crippen molar-refractivity contribution >= 4 is 11.4 Å². The van der Waals surface area contributed by atoms with Gasteiger partial charge in [-0.2, -0.15) is 10.5 Å². The number of ketones is 1. The lowest BCUT2D eigenvalue weighted by molar-refractivity contribution is 0.0952. The van der Waals surface area contributed by atoms with Crippen LogP contribution in [0, 0.1) is 40.2 Å². The number of benzene rings is 1. The van der Waals surface area contributed by atoms with Gasteiger partial charge < -0.3 is 0 Å². The van der Waals surface area contributed by atoms with Crippen LogP contribution in [0.3, 0.4) is 0 Å². The lowest BCUT2D eigenvalue weighted by Gasteiger charge is -2.08. The van der Waals surface area contributed by atoms with E-state index in [0.29, 0.717) is 0 Å². The Labute approximate surface area is 108 Å². The Balaban J connectivity index is 2.91. The zero-order chi connectivity index (χ0) is 14.2. The summed E-state index contributed by atoms with van der Waals surface area (Å²) in [5, 5.41) is 17.8. The van der Waals surface area contributed by atoms with Crippen molar-refractivity contribution < 1.29 is 13.6 Å². The molecule has 2 rings (SSSR count). The number of allylic oxidation sites excluding steroid dienone is 2. The molecule has 0 saturated heterocycles. The highest BCUT2D eigenvalue weighted by Crippen LogP contribution is 2.43. The number of hydrogen-bond donors (Lipinski definition) is 0. The summed E-state index contributed by atoms with van der Waals surface area (Å²) in [4.78, 5) is 12.1. The van der Waals surface area contributed by atoms with E-state index in [1.807, 2.05) is 0 Å². The minimum absolute atomic E-state index is 0.00417. The highest BCUT2D eigenvalue weighted by molar-refractivity contribution is 6.15. The summed E-state index contributed by atoms with van der Waals surface area (Å²) < 4.78 is 27.6. The van der Waals surface area contributed by atoms with Crippen molar-refractivity contribution in [2.45, 2.75) is 13.3 Å². The van der Waals surface area contributed by atoms with Gasteiger partial charge in [0.1, 0.15) is 29.3 Å². The Kier molecular flexibility index (Phi) is 3.14. The second-order valence-electron chi connectivity index (χ2n) is 4.12. The first-order valence-electron chi connectivity index (χ1n) is 5.63. The Bertz CT molecular complexity index is 677. The number of rotatable bonds is 1. The fourth-order valence-corrected chi connectivity index (χ4v) is 2.37. The molecule has 94 valence electrons. The van der Waals surface area contributed by atoms with Crippen LogP contribution in [0.1, 0.15) is 29.3 Å². The van der Waals surface area contributed by atoms with Crippen LogP contribution >= 0.6 is 0 Å². The van der Waals surface area contributed by atoms with Gasteiger partial charge in [0.25, 0.3) is 0 Å². The van der Waals surface area contributed by atoms with Gasteiger partial charge in [-0.25, -0.2) is 8.78 Å².